The number of ketones is 1. The van der Waals surface area contributed by atoms with Crippen LogP contribution in [-0.2, 0) is 0 Å². The van der Waals surface area contributed by atoms with Crippen molar-refractivity contribution in [1.82, 2.24) is 9.97 Å². The molecule has 0 spiro atoms. The highest BCUT2D eigenvalue weighted by Crippen LogP contribution is 2.30. The SMILES string of the molecule is COc1ccc(Nc2nccc(-c3cccc(C(C)=O)c3)n2)cc1OC. The summed E-state index contributed by atoms with van der Waals surface area (Å²) in [4.78, 5) is 20.4. The van der Waals surface area contributed by atoms with Crippen LogP contribution in [0.3, 0.4) is 0 Å². The van der Waals surface area contributed by atoms with E-state index in [1.54, 1.807) is 45.5 Å². The maximum Gasteiger partial charge on any atom is 0.227 e. The maximum absolute atomic E-state index is 11.6. The van der Waals surface area contributed by atoms with Crippen LogP contribution in [0, 0.1) is 0 Å². The van der Waals surface area contributed by atoms with Crippen molar-refractivity contribution in [2.75, 3.05) is 19.5 Å². The summed E-state index contributed by atoms with van der Waals surface area (Å²) in [6, 6.07) is 14.6. The van der Waals surface area contributed by atoms with E-state index < -0.39 is 0 Å². The number of hydrogen-bond acceptors (Lipinski definition) is 6. The van der Waals surface area contributed by atoms with Crippen LogP contribution < -0.4 is 14.8 Å². The highest BCUT2D eigenvalue weighted by atomic mass is 16.5. The first-order valence-corrected chi connectivity index (χ1v) is 8.04. The normalized spacial score (nSPS) is 10.3. The zero-order valence-electron chi connectivity index (χ0n) is 14.8. The zero-order valence-corrected chi connectivity index (χ0v) is 14.8. The summed E-state index contributed by atoms with van der Waals surface area (Å²) in [5.74, 6) is 1.73. The molecule has 6 heteroatoms. The van der Waals surface area contributed by atoms with Gasteiger partial charge in [0.2, 0.25) is 5.95 Å². The van der Waals surface area contributed by atoms with Crippen molar-refractivity contribution in [3.63, 3.8) is 0 Å². The van der Waals surface area contributed by atoms with E-state index in [9.17, 15) is 4.79 Å². The second kappa shape index (κ2) is 7.65. The Bertz CT molecular complexity index is 941. The summed E-state index contributed by atoms with van der Waals surface area (Å²) in [5, 5.41) is 3.15. The number of nitrogens with zero attached hydrogens (tertiary/aromatic N) is 2. The number of aromatic nitrogens is 2. The Morgan fingerprint density at radius 3 is 2.54 bits per heavy atom. The zero-order chi connectivity index (χ0) is 18.5. The molecule has 0 saturated carbocycles. The monoisotopic (exact) mass is 349 g/mol. The van der Waals surface area contributed by atoms with Gasteiger partial charge >= 0.3 is 0 Å². The lowest BCUT2D eigenvalue weighted by Gasteiger charge is -2.11. The molecule has 0 aliphatic heterocycles. The Hall–Kier alpha value is -3.41. The van der Waals surface area contributed by atoms with Gasteiger partial charge in [-0.05, 0) is 31.2 Å². The van der Waals surface area contributed by atoms with Crippen molar-refractivity contribution >= 4 is 17.4 Å². The molecule has 26 heavy (non-hydrogen) atoms. The fraction of sp³-hybridized carbons (Fsp3) is 0.150. The Morgan fingerprint density at radius 2 is 1.81 bits per heavy atom. The first-order valence-electron chi connectivity index (χ1n) is 8.04. The molecule has 0 amide bonds. The highest BCUT2D eigenvalue weighted by Gasteiger charge is 2.08. The van der Waals surface area contributed by atoms with Crippen molar-refractivity contribution in [2.45, 2.75) is 6.92 Å². The number of methoxy groups -OCH3 is 2. The number of carbonyl (C=O) groups is 1. The molecule has 132 valence electrons. The molecule has 0 radical (unpaired) electrons. The van der Waals surface area contributed by atoms with Crippen LogP contribution in [0.25, 0.3) is 11.3 Å². The third-order valence-electron chi connectivity index (χ3n) is 3.86. The van der Waals surface area contributed by atoms with E-state index in [2.05, 4.69) is 15.3 Å². The van der Waals surface area contributed by atoms with Gasteiger partial charge in [0.25, 0.3) is 0 Å². The molecular formula is C20H19N3O3. The van der Waals surface area contributed by atoms with Crippen molar-refractivity contribution in [1.29, 1.82) is 0 Å². The minimum atomic E-state index is 0.0181. The van der Waals surface area contributed by atoms with Crippen LogP contribution in [0.2, 0.25) is 0 Å². The molecule has 2 aromatic carbocycles. The second-order valence-electron chi connectivity index (χ2n) is 5.60. The Morgan fingerprint density at radius 1 is 1.00 bits per heavy atom. The molecule has 1 aromatic heterocycles. The molecule has 3 rings (SSSR count). The summed E-state index contributed by atoms with van der Waals surface area (Å²) in [5.41, 5.74) is 3.01. The van der Waals surface area contributed by atoms with Gasteiger partial charge in [0.15, 0.2) is 17.3 Å². The molecule has 0 aliphatic rings. The number of Topliss-reactive ketones (excluding diaryl/α,β-unsaturated/α-hetero) is 1. The number of hydrogen-bond donors (Lipinski definition) is 1. The average Bonchev–Trinajstić information content (AvgIpc) is 2.68. The van der Waals surface area contributed by atoms with Gasteiger partial charge in [-0.1, -0.05) is 18.2 Å². The van der Waals surface area contributed by atoms with Crippen molar-refractivity contribution in [3.05, 3.63) is 60.3 Å². The Labute approximate surface area is 151 Å². The van der Waals surface area contributed by atoms with Gasteiger partial charge in [0.05, 0.1) is 19.9 Å². The third-order valence-corrected chi connectivity index (χ3v) is 3.86. The molecule has 0 fully saturated rings. The predicted octanol–water partition coefficient (Wildman–Crippen LogP) is 4.11. The van der Waals surface area contributed by atoms with Gasteiger partial charge in [0, 0.05) is 29.1 Å². The van der Waals surface area contributed by atoms with Crippen molar-refractivity contribution in [3.8, 4) is 22.8 Å². The largest absolute Gasteiger partial charge is 0.493 e. The number of rotatable bonds is 6. The molecule has 3 aromatic rings. The summed E-state index contributed by atoms with van der Waals surface area (Å²) >= 11 is 0. The van der Waals surface area contributed by atoms with E-state index in [0.717, 1.165) is 16.9 Å². The molecule has 1 heterocycles. The van der Waals surface area contributed by atoms with E-state index >= 15 is 0 Å². The van der Waals surface area contributed by atoms with Gasteiger partial charge in [-0.2, -0.15) is 0 Å². The number of ether oxygens (including phenoxy) is 2. The van der Waals surface area contributed by atoms with Crippen molar-refractivity contribution < 1.29 is 14.3 Å². The Balaban J connectivity index is 1.88. The first kappa shape index (κ1) is 17.4. The standard InChI is InChI=1S/C20H19N3O3/c1-13(24)14-5-4-6-15(11-14)17-9-10-21-20(23-17)22-16-7-8-18(25-2)19(12-16)26-3/h4-12H,1-3H3,(H,21,22,23). The van der Waals surface area contributed by atoms with E-state index in [1.165, 1.54) is 0 Å². The molecule has 0 saturated heterocycles. The molecule has 0 bridgehead atoms. The number of carbonyl (C=O) groups excluding carboxylic acids is 1. The minimum absolute atomic E-state index is 0.0181. The summed E-state index contributed by atoms with van der Waals surface area (Å²) in [6.07, 6.45) is 1.67. The molecule has 0 aliphatic carbocycles. The summed E-state index contributed by atoms with van der Waals surface area (Å²) < 4.78 is 10.5. The lowest BCUT2D eigenvalue weighted by atomic mass is 10.1. The lowest BCUT2D eigenvalue weighted by Crippen LogP contribution is -1.99. The Kier molecular flexibility index (Phi) is 5.12. The van der Waals surface area contributed by atoms with Gasteiger partial charge in [-0.3, -0.25) is 4.79 Å². The fourth-order valence-corrected chi connectivity index (χ4v) is 2.52. The second-order valence-corrected chi connectivity index (χ2v) is 5.60. The number of nitrogens with one attached hydrogen (secondary N) is 1. The predicted molar refractivity (Wildman–Crippen MR) is 100 cm³/mol. The highest BCUT2D eigenvalue weighted by molar-refractivity contribution is 5.95. The van der Waals surface area contributed by atoms with Crippen LogP contribution in [-0.4, -0.2) is 30.0 Å². The van der Waals surface area contributed by atoms with Gasteiger partial charge in [-0.15, -0.1) is 0 Å². The van der Waals surface area contributed by atoms with Crippen LogP contribution in [0.1, 0.15) is 17.3 Å². The van der Waals surface area contributed by atoms with E-state index in [4.69, 9.17) is 9.47 Å². The van der Waals surface area contributed by atoms with E-state index in [1.807, 2.05) is 30.3 Å². The minimum Gasteiger partial charge on any atom is -0.493 e. The molecular weight excluding hydrogens is 330 g/mol. The third kappa shape index (κ3) is 3.80. The number of benzene rings is 2. The molecule has 1 N–H and O–H groups in total. The van der Waals surface area contributed by atoms with Gasteiger partial charge in [0.1, 0.15) is 0 Å². The van der Waals surface area contributed by atoms with E-state index in [-0.39, 0.29) is 5.78 Å². The summed E-state index contributed by atoms with van der Waals surface area (Å²) in [7, 11) is 3.17. The topological polar surface area (TPSA) is 73.3 Å². The fourth-order valence-electron chi connectivity index (χ4n) is 2.52. The lowest BCUT2D eigenvalue weighted by molar-refractivity contribution is 0.101. The van der Waals surface area contributed by atoms with Gasteiger partial charge < -0.3 is 14.8 Å². The van der Waals surface area contributed by atoms with Crippen LogP contribution in [0.15, 0.2) is 54.7 Å². The van der Waals surface area contributed by atoms with Crippen LogP contribution in [0.5, 0.6) is 11.5 Å². The summed E-state index contributed by atoms with van der Waals surface area (Å²) in [6.45, 7) is 1.54. The van der Waals surface area contributed by atoms with Crippen LogP contribution >= 0.6 is 0 Å². The smallest absolute Gasteiger partial charge is 0.227 e. The van der Waals surface area contributed by atoms with E-state index in [0.29, 0.717) is 23.0 Å². The quantitative estimate of drug-likeness (QED) is 0.675. The first-order chi connectivity index (χ1) is 12.6. The van der Waals surface area contributed by atoms with Crippen molar-refractivity contribution in [2.24, 2.45) is 0 Å². The average molecular weight is 349 g/mol. The van der Waals surface area contributed by atoms with Gasteiger partial charge in [-0.25, -0.2) is 9.97 Å². The molecule has 6 nitrogen and oxygen atoms in total. The molecule has 0 atom stereocenters. The maximum atomic E-state index is 11.6. The molecule has 0 unspecified atom stereocenters. The number of anilines is 2. The van der Waals surface area contributed by atoms with Crippen LogP contribution in [0.4, 0.5) is 11.6 Å².